The number of aromatic nitrogens is 2. The Balaban J connectivity index is 0.00000312. The Kier molecular flexibility index (Phi) is 8.05. The third kappa shape index (κ3) is 6.83. The van der Waals surface area contributed by atoms with Crippen LogP contribution in [0.25, 0.3) is 11.3 Å². The number of aliphatic hydroxyl groups excluding tert-OH is 1. The molecule has 25 heavy (non-hydrogen) atoms. The van der Waals surface area contributed by atoms with Gasteiger partial charge in [-0.05, 0) is 45.0 Å². The average Bonchev–Trinajstić information content (AvgIpc) is 2.58. The molecule has 0 bridgehead atoms. The number of nitrogen functional groups attached to an aromatic ring is 1. The van der Waals surface area contributed by atoms with Crippen LogP contribution in [0.5, 0.6) is 5.75 Å². The second kappa shape index (κ2) is 9.53. The molecule has 1 atom stereocenters. The fourth-order valence-corrected chi connectivity index (χ4v) is 2.03. The number of nitrogens with one attached hydrogen (secondary N) is 2. The lowest BCUT2D eigenvalue weighted by molar-refractivity contribution is 0.100. The topological polar surface area (TPSA) is 105 Å². The van der Waals surface area contributed by atoms with Gasteiger partial charge >= 0.3 is 0 Å². The third-order valence-corrected chi connectivity index (χ3v) is 3.27. The van der Waals surface area contributed by atoms with E-state index < -0.39 is 6.10 Å². The molecule has 0 spiro atoms. The lowest BCUT2D eigenvalue weighted by atomic mass is 10.1. The molecule has 0 amide bonds. The number of anilines is 1. The van der Waals surface area contributed by atoms with Crippen molar-refractivity contribution < 1.29 is 9.84 Å². The number of nitrogens with two attached hydrogens (primary N) is 1. The maximum Gasteiger partial charge on any atom is 0.162 e. The molecule has 1 aromatic heterocycles. The summed E-state index contributed by atoms with van der Waals surface area (Å²) < 4.78 is 5.78. The molecular weight excluding hydrogens is 342 g/mol. The van der Waals surface area contributed by atoms with Crippen LogP contribution in [0.3, 0.4) is 0 Å². The van der Waals surface area contributed by atoms with Gasteiger partial charge in [0, 0.05) is 17.6 Å². The van der Waals surface area contributed by atoms with Crippen molar-refractivity contribution in [1.29, 1.82) is 0 Å². The van der Waals surface area contributed by atoms with Crippen molar-refractivity contribution in [3.05, 3.63) is 36.4 Å². The normalized spacial score (nSPS) is 12.2. The molecule has 1 aromatic carbocycles. The highest BCUT2D eigenvalue weighted by Crippen LogP contribution is 2.28. The van der Waals surface area contributed by atoms with Crippen LogP contribution in [0, 0.1) is 0 Å². The maximum absolute atomic E-state index is 10.1. The number of rotatable bonds is 7. The van der Waals surface area contributed by atoms with Crippen molar-refractivity contribution in [2.45, 2.75) is 32.4 Å². The Morgan fingerprint density at radius 3 is 2.48 bits per heavy atom. The van der Waals surface area contributed by atoms with Gasteiger partial charge in [0.25, 0.3) is 0 Å². The summed E-state index contributed by atoms with van der Waals surface area (Å²) in [5.74, 6) is 6.43. The summed E-state index contributed by atoms with van der Waals surface area (Å²) in [5.41, 5.74) is 3.88. The van der Waals surface area contributed by atoms with Crippen LogP contribution in [0.2, 0.25) is 0 Å². The van der Waals surface area contributed by atoms with Crippen LogP contribution in [-0.2, 0) is 0 Å². The zero-order chi connectivity index (χ0) is 17.6. The van der Waals surface area contributed by atoms with E-state index in [2.05, 4.69) is 41.7 Å². The van der Waals surface area contributed by atoms with E-state index in [0.29, 0.717) is 23.8 Å². The molecule has 0 aliphatic rings. The van der Waals surface area contributed by atoms with Crippen molar-refractivity contribution in [3.63, 3.8) is 0 Å². The van der Waals surface area contributed by atoms with Gasteiger partial charge in [-0.1, -0.05) is 12.1 Å². The van der Waals surface area contributed by atoms with Gasteiger partial charge in [-0.15, -0.1) is 22.6 Å². The zero-order valence-electron chi connectivity index (χ0n) is 14.7. The number of hydrogen-bond donors (Lipinski definition) is 4. The van der Waals surface area contributed by atoms with E-state index in [0.717, 1.165) is 5.56 Å². The molecule has 0 aliphatic heterocycles. The first-order valence-electron chi connectivity index (χ1n) is 7.84. The van der Waals surface area contributed by atoms with Crippen LogP contribution in [0.1, 0.15) is 20.8 Å². The second-order valence-corrected chi connectivity index (χ2v) is 6.54. The molecule has 0 saturated carbocycles. The Hall–Kier alpha value is -1.93. The number of hydrogen-bond acceptors (Lipinski definition) is 7. The standard InChI is InChI=1S/C17H25N5O2.ClH/c1-17(2,3)19-10-12(23)11-24-15-7-5-4-6-13(15)14-8-9-16(20-18)22-21-14;/h4-9,12,19,23H,10-11,18H2,1-3H3,(H,20,22);1H. The quantitative estimate of drug-likeness (QED) is 0.438. The van der Waals surface area contributed by atoms with Gasteiger partial charge in [0.05, 0.1) is 5.69 Å². The van der Waals surface area contributed by atoms with E-state index >= 15 is 0 Å². The molecular formula is C17H26ClN5O2. The summed E-state index contributed by atoms with van der Waals surface area (Å²) in [5, 5.41) is 21.4. The van der Waals surface area contributed by atoms with E-state index in [4.69, 9.17) is 10.6 Å². The highest BCUT2D eigenvalue weighted by molar-refractivity contribution is 5.85. The number of halogens is 1. The number of ether oxygens (including phenoxy) is 1. The van der Waals surface area contributed by atoms with E-state index in [-0.39, 0.29) is 24.6 Å². The number of nitrogens with zero attached hydrogens (tertiary/aromatic N) is 2. The van der Waals surface area contributed by atoms with Crippen molar-refractivity contribution in [2.24, 2.45) is 5.84 Å². The lowest BCUT2D eigenvalue weighted by Gasteiger charge is -2.23. The minimum absolute atomic E-state index is 0. The summed E-state index contributed by atoms with van der Waals surface area (Å²) in [6, 6.07) is 11.1. The Morgan fingerprint density at radius 2 is 1.88 bits per heavy atom. The highest BCUT2D eigenvalue weighted by atomic mass is 35.5. The fourth-order valence-electron chi connectivity index (χ4n) is 2.03. The number of aliphatic hydroxyl groups is 1. The first kappa shape index (κ1) is 21.1. The van der Waals surface area contributed by atoms with Gasteiger partial charge in [-0.25, -0.2) is 5.84 Å². The van der Waals surface area contributed by atoms with Crippen LogP contribution in [0.4, 0.5) is 5.82 Å². The first-order chi connectivity index (χ1) is 11.4. The van der Waals surface area contributed by atoms with E-state index in [1.54, 1.807) is 6.07 Å². The van der Waals surface area contributed by atoms with Gasteiger partial charge in [0.2, 0.25) is 0 Å². The van der Waals surface area contributed by atoms with E-state index in [1.165, 1.54) is 0 Å². The van der Waals surface area contributed by atoms with E-state index in [9.17, 15) is 5.11 Å². The molecule has 5 N–H and O–H groups in total. The summed E-state index contributed by atoms with van der Waals surface area (Å²) in [6.45, 7) is 6.80. The second-order valence-electron chi connectivity index (χ2n) is 6.54. The molecule has 0 saturated heterocycles. The van der Waals surface area contributed by atoms with Crippen molar-refractivity contribution >= 4 is 18.2 Å². The highest BCUT2D eigenvalue weighted by Gasteiger charge is 2.14. The lowest BCUT2D eigenvalue weighted by Crippen LogP contribution is -2.42. The zero-order valence-corrected chi connectivity index (χ0v) is 15.5. The van der Waals surface area contributed by atoms with Crippen LogP contribution >= 0.6 is 12.4 Å². The number of β-amino-alcohol motifs (C(OH)–C–C–N with tert-alkyl or cyclic N) is 1. The summed E-state index contributed by atoms with van der Waals surface area (Å²) in [7, 11) is 0. The Morgan fingerprint density at radius 1 is 1.16 bits per heavy atom. The predicted octanol–water partition coefficient (Wildman–Crippen LogP) is 1.98. The van der Waals surface area contributed by atoms with E-state index in [1.807, 2.05) is 30.3 Å². The minimum Gasteiger partial charge on any atom is -0.490 e. The third-order valence-electron chi connectivity index (χ3n) is 3.27. The maximum atomic E-state index is 10.1. The number of benzene rings is 1. The Labute approximate surface area is 154 Å². The average molecular weight is 368 g/mol. The van der Waals surface area contributed by atoms with Crippen molar-refractivity contribution in [3.8, 4) is 17.0 Å². The van der Waals surface area contributed by atoms with Crippen molar-refractivity contribution in [2.75, 3.05) is 18.6 Å². The largest absolute Gasteiger partial charge is 0.490 e. The molecule has 2 rings (SSSR count). The van der Waals surface area contributed by atoms with Crippen LogP contribution < -0.4 is 21.3 Å². The molecule has 0 radical (unpaired) electrons. The smallest absolute Gasteiger partial charge is 0.162 e. The Bertz CT molecular complexity index is 646. The summed E-state index contributed by atoms with van der Waals surface area (Å²) >= 11 is 0. The molecule has 1 unspecified atom stereocenters. The molecule has 0 fully saturated rings. The van der Waals surface area contributed by atoms with Crippen LogP contribution in [0.15, 0.2) is 36.4 Å². The molecule has 8 heteroatoms. The molecule has 7 nitrogen and oxygen atoms in total. The first-order valence-corrected chi connectivity index (χ1v) is 7.84. The SMILES string of the molecule is CC(C)(C)NCC(O)COc1ccccc1-c1ccc(NN)nn1.Cl. The van der Waals surface area contributed by atoms with Crippen molar-refractivity contribution in [1.82, 2.24) is 15.5 Å². The van der Waals surface area contributed by atoms with Gasteiger partial charge in [-0.2, -0.15) is 0 Å². The molecule has 138 valence electrons. The molecule has 1 heterocycles. The van der Waals surface area contributed by atoms with Gasteiger partial charge in [-0.3, -0.25) is 0 Å². The van der Waals surface area contributed by atoms with Gasteiger partial charge < -0.3 is 20.6 Å². The van der Waals surface area contributed by atoms with Crippen LogP contribution in [-0.4, -0.2) is 40.1 Å². The van der Waals surface area contributed by atoms with Gasteiger partial charge in [0.1, 0.15) is 18.5 Å². The summed E-state index contributed by atoms with van der Waals surface area (Å²) in [6.07, 6.45) is -0.604. The molecule has 0 aliphatic carbocycles. The number of hydrazine groups is 1. The molecule has 2 aromatic rings. The summed E-state index contributed by atoms with van der Waals surface area (Å²) in [4.78, 5) is 0. The monoisotopic (exact) mass is 367 g/mol. The number of para-hydroxylation sites is 1. The minimum atomic E-state index is -0.604. The fraction of sp³-hybridized carbons (Fsp3) is 0.412. The van der Waals surface area contributed by atoms with Gasteiger partial charge in [0.15, 0.2) is 5.82 Å². The predicted molar refractivity (Wildman–Crippen MR) is 102 cm³/mol.